The summed E-state index contributed by atoms with van der Waals surface area (Å²) in [7, 11) is 4.53. The first-order valence-electron chi connectivity index (χ1n) is 6.75. The van der Waals surface area contributed by atoms with Gasteiger partial charge in [0.15, 0.2) is 17.3 Å². The summed E-state index contributed by atoms with van der Waals surface area (Å²) in [5.74, 6) is 1.17. The molecule has 0 atom stereocenters. The lowest BCUT2D eigenvalue weighted by Crippen LogP contribution is -2.21. The number of methoxy groups -OCH3 is 3. The number of benzene rings is 1. The maximum absolute atomic E-state index is 12.3. The van der Waals surface area contributed by atoms with Crippen LogP contribution >= 0.6 is 0 Å². The smallest absolute Gasteiger partial charge is 0.203 e. The Morgan fingerprint density at radius 3 is 1.91 bits per heavy atom. The van der Waals surface area contributed by atoms with Gasteiger partial charge in [0, 0.05) is 5.41 Å². The minimum atomic E-state index is -0.623. The number of ether oxygens (including phenoxy) is 3. The number of hydrogen-bond acceptors (Lipinski definition) is 5. The Balaban J connectivity index is 3.41. The van der Waals surface area contributed by atoms with E-state index in [-0.39, 0.29) is 11.4 Å². The average molecular weight is 303 g/mol. The minimum absolute atomic E-state index is 0.0850. The van der Waals surface area contributed by atoms with E-state index < -0.39 is 5.41 Å². The number of nitrogens with zero attached hydrogens (tertiary/aromatic N) is 1. The van der Waals surface area contributed by atoms with E-state index >= 15 is 0 Å². The van der Waals surface area contributed by atoms with Gasteiger partial charge in [-0.25, -0.2) is 0 Å². The number of ketones is 1. The van der Waals surface area contributed by atoms with Gasteiger partial charge in [0.25, 0.3) is 0 Å². The summed E-state index contributed by atoms with van der Waals surface area (Å²) in [6.45, 7) is 5.32. The molecule has 1 rings (SSSR count). The van der Waals surface area contributed by atoms with Gasteiger partial charge < -0.3 is 14.2 Å². The van der Waals surface area contributed by atoms with Gasteiger partial charge in [-0.15, -0.1) is 0 Å². The predicted octanol–water partition coefficient (Wildman–Crippen LogP) is 3.23. The van der Waals surface area contributed by atoms with Crippen molar-refractivity contribution in [2.45, 2.75) is 20.8 Å². The number of Topliss-reactive ketones (excluding diaryl/α,β-unsaturated/α-hetero) is 1. The third kappa shape index (κ3) is 3.79. The van der Waals surface area contributed by atoms with Crippen LogP contribution in [0.15, 0.2) is 17.7 Å². The van der Waals surface area contributed by atoms with Gasteiger partial charge in [-0.1, -0.05) is 20.8 Å². The van der Waals surface area contributed by atoms with Gasteiger partial charge in [-0.05, 0) is 23.8 Å². The third-order valence-electron chi connectivity index (χ3n) is 3.04. The molecule has 1 aromatic carbocycles. The van der Waals surface area contributed by atoms with Gasteiger partial charge >= 0.3 is 0 Å². The molecule has 5 nitrogen and oxygen atoms in total. The molecule has 0 unspecified atom stereocenters. The Bertz CT molecular complexity index is 608. The average Bonchev–Trinajstić information content (AvgIpc) is 2.49. The Morgan fingerprint density at radius 1 is 1.09 bits per heavy atom. The number of hydrogen-bond donors (Lipinski definition) is 0. The molecule has 0 heterocycles. The van der Waals surface area contributed by atoms with Gasteiger partial charge in [-0.3, -0.25) is 4.79 Å². The van der Waals surface area contributed by atoms with Crippen LogP contribution in [-0.4, -0.2) is 27.1 Å². The zero-order valence-corrected chi connectivity index (χ0v) is 13.8. The Labute approximate surface area is 131 Å². The van der Waals surface area contributed by atoms with E-state index in [2.05, 4.69) is 0 Å². The minimum Gasteiger partial charge on any atom is -0.493 e. The second-order valence-electron chi connectivity index (χ2n) is 5.71. The first kappa shape index (κ1) is 17.6. The summed E-state index contributed by atoms with van der Waals surface area (Å²) in [5, 5.41) is 9.25. The molecule has 0 aliphatic rings. The van der Waals surface area contributed by atoms with Crippen LogP contribution in [0.3, 0.4) is 0 Å². The molecule has 5 heteroatoms. The van der Waals surface area contributed by atoms with Crippen molar-refractivity contribution >= 4 is 11.9 Å². The van der Waals surface area contributed by atoms with Gasteiger partial charge in [0.05, 0.1) is 26.9 Å². The zero-order chi connectivity index (χ0) is 16.9. The lowest BCUT2D eigenvalue weighted by Gasteiger charge is -2.16. The quantitative estimate of drug-likeness (QED) is 0.617. The first-order valence-corrected chi connectivity index (χ1v) is 6.75. The molecule has 1 aromatic rings. The maximum atomic E-state index is 12.3. The van der Waals surface area contributed by atoms with Crippen LogP contribution in [0.5, 0.6) is 17.2 Å². The topological polar surface area (TPSA) is 68.5 Å². The standard InChI is InChI=1S/C17H21NO4/c1-17(2,3)16(19)12(10-18)7-11-8-13(20-4)15(22-6)14(9-11)21-5/h7-9H,1-6H3/b12-7-. The van der Waals surface area contributed by atoms with Crippen molar-refractivity contribution in [3.05, 3.63) is 23.3 Å². The fraction of sp³-hybridized carbons (Fsp3) is 0.412. The van der Waals surface area contributed by atoms with Gasteiger partial charge in [0.1, 0.15) is 6.07 Å². The fourth-order valence-corrected chi connectivity index (χ4v) is 1.90. The van der Waals surface area contributed by atoms with Crippen LogP contribution in [0.1, 0.15) is 26.3 Å². The maximum Gasteiger partial charge on any atom is 0.203 e. The van der Waals surface area contributed by atoms with Crippen molar-refractivity contribution in [2.24, 2.45) is 5.41 Å². The molecule has 0 N–H and O–H groups in total. The van der Waals surface area contributed by atoms with Crippen molar-refractivity contribution < 1.29 is 19.0 Å². The van der Waals surface area contributed by atoms with Crippen molar-refractivity contribution in [3.63, 3.8) is 0 Å². The summed E-state index contributed by atoms with van der Waals surface area (Å²) in [5.41, 5.74) is 0.0905. The molecule has 0 bridgehead atoms. The summed E-state index contributed by atoms with van der Waals surface area (Å²) in [6, 6.07) is 5.34. The van der Waals surface area contributed by atoms with E-state index in [0.29, 0.717) is 22.8 Å². The third-order valence-corrected chi connectivity index (χ3v) is 3.04. The molecule has 0 fully saturated rings. The normalized spacial score (nSPS) is 11.6. The molecular weight excluding hydrogens is 282 g/mol. The molecule has 0 saturated heterocycles. The molecule has 0 amide bonds. The lowest BCUT2D eigenvalue weighted by molar-refractivity contribution is -0.121. The lowest BCUT2D eigenvalue weighted by atomic mass is 9.86. The SMILES string of the molecule is COc1cc(/C=C(/C#N)C(=O)C(C)(C)C)cc(OC)c1OC. The van der Waals surface area contributed by atoms with E-state index in [0.717, 1.165) is 0 Å². The van der Waals surface area contributed by atoms with Gasteiger partial charge in [-0.2, -0.15) is 5.26 Å². The molecule has 118 valence electrons. The van der Waals surface area contributed by atoms with E-state index in [9.17, 15) is 10.1 Å². The van der Waals surface area contributed by atoms with Crippen molar-refractivity contribution in [1.82, 2.24) is 0 Å². The molecule has 0 saturated carbocycles. The highest BCUT2D eigenvalue weighted by Gasteiger charge is 2.25. The van der Waals surface area contributed by atoms with E-state index in [1.54, 1.807) is 32.9 Å². The number of allylic oxidation sites excluding steroid dienone is 1. The number of rotatable bonds is 5. The number of nitriles is 1. The molecule has 0 aliphatic carbocycles. The van der Waals surface area contributed by atoms with Crippen molar-refractivity contribution in [2.75, 3.05) is 21.3 Å². The molecule has 0 aromatic heterocycles. The molecule has 0 aliphatic heterocycles. The Kier molecular flexibility index (Phi) is 5.58. The van der Waals surface area contributed by atoms with Crippen LogP contribution in [-0.2, 0) is 4.79 Å². The largest absolute Gasteiger partial charge is 0.493 e. The number of carbonyl (C=O) groups excluding carboxylic acids is 1. The highest BCUT2D eigenvalue weighted by atomic mass is 16.5. The van der Waals surface area contributed by atoms with Crippen molar-refractivity contribution in [3.8, 4) is 23.3 Å². The van der Waals surface area contributed by atoms with E-state index in [4.69, 9.17) is 14.2 Å². The fourth-order valence-electron chi connectivity index (χ4n) is 1.90. The molecule has 0 spiro atoms. The molecule has 0 radical (unpaired) electrons. The van der Waals surface area contributed by atoms with Crippen LogP contribution in [0.25, 0.3) is 6.08 Å². The van der Waals surface area contributed by atoms with Crippen molar-refractivity contribution in [1.29, 1.82) is 5.26 Å². The summed E-state index contributed by atoms with van der Waals surface area (Å²) in [4.78, 5) is 12.3. The molecule has 22 heavy (non-hydrogen) atoms. The van der Waals surface area contributed by atoms with Crippen LogP contribution in [0.2, 0.25) is 0 Å². The highest BCUT2D eigenvalue weighted by Crippen LogP contribution is 2.38. The summed E-state index contributed by atoms with van der Waals surface area (Å²) in [6.07, 6.45) is 1.53. The summed E-state index contributed by atoms with van der Waals surface area (Å²) < 4.78 is 15.8. The first-order chi connectivity index (χ1) is 10.3. The Hall–Kier alpha value is -2.48. The van der Waals surface area contributed by atoms with E-state index in [1.807, 2.05) is 6.07 Å². The van der Waals surface area contributed by atoms with Gasteiger partial charge in [0.2, 0.25) is 5.75 Å². The second-order valence-corrected chi connectivity index (χ2v) is 5.71. The summed E-state index contributed by atoms with van der Waals surface area (Å²) >= 11 is 0. The van der Waals surface area contributed by atoms with Crippen LogP contribution < -0.4 is 14.2 Å². The molecular formula is C17H21NO4. The number of carbonyl (C=O) groups is 1. The predicted molar refractivity (Wildman–Crippen MR) is 84.2 cm³/mol. The Morgan fingerprint density at radius 2 is 1.59 bits per heavy atom. The van der Waals surface area contributed by atoms with E-state index in [1.165, 1.54) is 27.4 Å². The highest BCUT2D eigenvalue weighted by molar-refractivity contribution is 6.06. The second kappa shape index (κ2) is 6.99. The van der Waals surface area contributed by atoms with Crippen LogP contribution in [0.4, 0.5) is 0 Å². The zero-order valence-electron chi connectivity index (χ0n) is 13.8. The monoisotopic (exact) mass is 303 g/mol. The van der Waals surface area contributed by atoms with Crippen LogP contribution in [0, 0.1) is 16.7 Å².